The Labute approximate surface area is 125 Å². The Morgan fingerprint density at radius 3 is 2.65 bits per heavy atom. The first-order valence-corrected chi connectivity index (χ1v) is 6.71. The van der Waals surface area contributed by atoms with Gasteiger partial charge in [0.2, 0.25) is 0 Å². The van der Waals surface area contributed by atoms with Crippen LogP contribution in [0.25, 0.3) is 0 Å². The highest BCUT2D eigenvalue weighted by molar-refractivity contribution is 14.0. The lowest BCUT2D eigenvalue weighted by Gasteiger charge is -2.10. The highest BCUT2D eigenvalue weighted by Gasteiger charge is 2.01. The van der Waals surface area contributed by atoms with Crippen molar-refractivity contribution in [2.24, 2.45) is 4.99 Å². The molecule has 0 atom stereocenters. The van der Waals surface area contributed by atoms with Crippen molar-refractivity contribution in [3.63, 3.8) is 0 Å². The predicted octanol–water partition coefficient (Wildman–Crippen LogP) is 1.09. The van der Waals surface area contributed by atoms with E-state index in [-0.39, 0.29) is 29.9 Å². The number of halogens is 1. The summed E-state index contributed by atoms with van der Waals surface area (Å²) in [5.41, 5.74) is 0. The van der Waals surface area contributed by atoms with E-state index in [1.807, 2.05) is 13.2 Å². The van der Waals surface area contributed by atoms with Gasteiger partial charge in [0.25, 0.3) is 0 Å². The summed E-state index contributed by atoms with van der Waals surface area (Å²) >= 11 is 1.76. The van der Waals surface area contributed by atoms with Gasteiger partial charge in [0, 0.05) is 18.8 Å². The normalized spacial score (nSPS) is 10.4. The number of esters is 1. The summed E-state index contributed by atoms with van der Waals surface area (Å²) in [6, 6.07) is 0. The van der Waals surface area contributed by atoms with Crippen LogP contribution < -0.4 is 10.6 Å². The Kier molecular flexibility index (Phi) is 15.7. The zero-order valence-electron chi connectivity index (χ0n) is 10.6. The van der Waals surface area contributed by atoms with Gasteiger partial charge in [-0.05, 0) is 13.2 Å². The van der Waals surface area contributed by atoms with Crippen LogP contribution in [0.5, 0.6) is 0 Å². The summed E-state index contributed by atoms with van der Waals surface area (Å²) in [7, 11) is 1.39. The van der Waals surface area contributed by atoms with Crippen molar-refractivity contribution in [2.45, 2.75) is 13.3 Å². The van der Waals surface area contributed by atoms with Crippen molar-refractivity contribution >= 4 is 47.7 Å². The van der Waals surface area contributed by atoms with Crippen molar-refractivity contribution in [3.05, 3.63) is 0 Å². The van der Waals surface area contributed by atoms with Crippen LogP contribution in [0.1, 0.15) is 13.3 Å². The number of methoxy groups -OCH3 is 1. The van der Waals surface area contributed by atoms with E-state index in [1.54, 1.807) is 11.8 Å². The minimum atomic E-state index is -0.215. The maximum absolute atomic E-state index is 10.9. The summed E-state index contributed by atoms with van der Waals surface area (Å²) in [6.45, 7) is 4.13. The first-order chi connectivity index (χ1) is 7.74. The van der Waals surface area contributed by atoms with E-state index in [1.165, 1.54) is 7.11 Å². The van der Waals surface area contributed by atoms with Crippen LogP contribution in [-0.4, -0.2) is 50.7 Å². The lowest BCUT2D eigenvalue weighted by Crippen LogP contribution is -2.38. The number of hydrogen-bond donors (Lipinski definition) is 2. The largest absolute Gasteiger partial charge is 0.469 e. The average Bonchev–Trinajstić information content (AvgIpc) is 2.29. The summed E-state index contributed by atoms with van der Waals surface area (Å²) in [5, 5.41) is 6.18. The molecule has 0 aromatic rings. The third-order valence-electron chi connectivity index (χ3n) is 1.76. The third kappa shape index (κ3) is 12.1. The predicted molar refractivity (Wildman–Crippen MR) is 84.4 cm³/mol. The Balaban J connectivity index is 0. The molecule has 0 aliphatic carbocycles. The van der Waals surface area contributed by atoms with E-state index < -0.39 is 0 Å². The number of nitrogens with zero attached hydrogens (tertiary/aromatic N) is 1. The Morgan fingerprint density at radius 2 is 2.12 bits per heavy atom. The van der Waals surface area contributed by atoms with Gasteiger partial charge in [-0.3, -0.25) is 9.79 Å². The molecular formula is C10H22IN3O2S. The van der Waals surface area contributed by atoms with Crippen molar-refractivity contribution in [3.8, 4) is 0 Å². The van der Waals surface area contributed by atoms with Gasteiger partial charge >= 0.3 is 5.97 Å². The number of guanidine groups is 1. The fourth-order valence-corrected chi connectivity index (χ4v) is 1.25. The number of aliphatic imine (C=N–C) groups is 1. The summed E-state index contributed by atoms with van der Waals surface area (Å²) in [4.78, 5) is 15.2. The van der Waals surface area contributed by atoms with Crippen LogP contribution >= 0.6 is 35.7 Å². The van der Waals surface area contributed by atoms with Crippen molar-refractivity contribution in [1.29, 1.82) is 0 Å². The highest BCUT2D eigenvalue weighted by Crippen LogP contribution is 1.90. The molecule has 0 rings (SSSR count). The molecule has 2 N–H and O–H groups in total. The number of rotatable bonds is 7. The molecule has 0 aliphatic heterocycles. The number of thioether (sulfide) groups is 1. The molecule has 0 aromatic carbocycles. The smallest absolute Gasteiger partial charge is 0.307 e. The van der Waals surface area contributed by atoms with Gasteiger partial charge in [-0.15, -0.1) is 24.0 Å². The average molecular weight is 375 g/mol. The standard InChI is InChI=1S/C10H21N3O2S.HI/c1-4-11-10(13-7-8-16-3)12-6-5-9(14)15-2;/h4-8H2,1-3H3,(H2,11,12,13);1H. The van der Waals surface area contributed by atoms with Crippen LogP contribution in [0, 0.1) is 0 Å². The van der Waals surface area contributed by atoms with Gasteiger partial charge in [0.05, 0.1) is 20.1 Å². The van der Waals surface area contributed by atoms with Gasteiger partial charge in [-0.1, -0.05) is 0 Å². The fraction of sp³-hybridized carbons (Fsp3) is 0.800. The van der Waals surface area contributed by atoms with Crippen LogP contribution in [0.15, 0.2) is 4.99 Å². The zero-order valence-corrected chi connectivity index (χ0v) is 13.8. The third-order valence-corrected chi connectivity index (χ3v) is 2.35. The number of hydrogen-bond acceptors (Lipinski definition) is 4. The lowest BCUT2D eigenvalue weighted by molar-refractivity contribution is -0.140. The van der Waals surface area contributed by atoms with Crippen molar-refractivity contribution in [2.75, 3.05) is 38.8 Å². The molecule has 7 heteroatoms. The molecule has 0 fully saturated rings. The Hall–Kier alpha value is -0.180. The quantitative estimate of drug-likeness (QED) is 0.229. The molecule has 0 aromatic heterocycles. The van der Waals surface area contributed by atoms with Crippen LogP contribution in [0.4, 0.5) is 0 Å². The maximum Gasteiger partial charge on any atom is 0.307 e. The van der Waals surface area contributed by atoms with Crippen molar-refractivity contribution in [1.82, 2.24) is 10.6 Å². The molecular weight excluding hydrogens is 353 g/mol. The van der Waals surface area contributed by atoms with Crippen LogP contribution in [0.2, 0.25) is 0 Å². The van der Waals surface area contributed by atoms with Gasteiger partial charge in [0.15, 0.2) is 5.96 Å². The number of carbonyl (C=O) groups is 1. The number of carbonyl (C=O) groups excluding carboxylic acids is 1. The summed E-state index contributed by atoms with van der Waals surface area (Å²) in [5.74, 6) is 1.53. The zero-order chi connectivity index (χ0) is 12.2. The molecule has 0 bridgehead atoms. The van der Waals surface area contributed by atoms with Gasteiger partial charge < -0.3 is 15.4 Å². The molecule has 0 saturated heterocycles. The SMILES string of the molecule is CCNC(=NCCSC)NCCC(=O)OC.I. The van der Waals surface area contributed by atoms with Gasteiger partial charge in [0.1, 0.15) is 0 Å². The highest BCUT2D eigenvalue weighted by atomic mass is 127. The molecule has 0 aliphatic rings. The van der Waals surface area contributed by atoms with Crippen LogP contribution in [0.3, 0.4) is 0 Å². The fourth-order valence-electron chi connectivity index (χ4n) is 0.976. The molecule has 5 nitrogen and oxygen atoms in total. The second-order valence-corrected chi connectivity index (χ2v) is 3.99. The monoisotopic (exact) mass is 375 g/mol. The molecule has 0 radical (unpaired) electrons. The van der Waals surface area contributed by atoms with Gasteiger partial charge in [-0.2, -0.15) is 11.8 Å². The molecule has 0 spiro atoms. The maximum atomic E-state index is 10.9. The van der Waals surface area contributed by atoms with Crippen LogP contribution in [-0.2, 0) is 9.53 Å². The van der Waals surface area contributed by atoms with E-state index >= 15 is 0 Å². The minimum Gasteiger partial charge on any atom is -0.469 e. The first-order valence-electron chi connectivity index (χ1n) is 5.32. The topological polar surface area (TPSA) is 62.7 Å². The summed E-state index contributed by atoms with van der Waals surface area (Å²) in [6.07, 6.45) is 2.40. The number of ether oxygens (including phenoxy) is 1. The van der Waals surface area contributed by atoms with E-state index in [2.05, 4.69) is 20.4 Å². The first kappa shape index (κ1) is 19.2. The molecule has 0 saturated carbocycles. The molecule has 17 heavy (non-hydrogen) atoms. The van der Waals surface area contributed by atoms with E-state index in [4.69, 9.17) is 0 Å². The lowest BCUT2D eigenvalue weighted by atomic mass is 10.4. The second kappa shape index (κ2) is 13.9. The van der Waals surface area contributed by atoms with Gasteiger partial charge in [-0.25, -0.2) is 0 Å². The molecule has 0 heterocycles. The Morgan fingerprint density at radius 1 is 1.41 bits per heavy atom. The minimum absolute atomic E-state index is 0. The van der Waals surface area contributed by atoms with E-state index in [0.29, 0.717) is 13.0 Å². The van der Waals surface area contributed by atoms with Crippen molar-refractivity contribution < 1.29 is 9.53 Å². The molecule has 0 unspecified atom stereocenters. The number of nitrogens with one attached hydrogen (secondary N) is 2. The second-order valence-electron chi connectivity index (χ2n) is 3.01. The molecule has 0 amide bonds. The van der Waals surface area contributed by atoms with E-state index in [9.17, 15) is 4.79 Å². The Bertz CT molecular complexity index is 228. The van der Waals surface area contributed by atoms with E-state index in [0.717, 1.165) is 24.8 Å². The molecule has 102 valence electrons. The summed E-state index contributed by atoms with van der Waals surface area (Å²) < 4.78 is 4.55.